The fourth-order valence-corrected chi connectivity index (χ4v) is 2.06. The van der Waals surface area contributed by atoms with Crippen molar-refractivity contribution >= 4 is 34.4 Å². The molecule has 0 atom stereocenters. The quantitative estimate of drug-likeness (QED) is 0.422. The molecule has 2 N–H and O–H groups in total. The first-order valence-corrected chi connectivity index (χ1v) is 7.14. The lowest BCUT2D eigenvalue weighted by atomic mass is 10.2. The second-order valence-corrected chi connectivity index (χ2v) is 4.57. The fraction of sp³-hybridized carbons (Fsp3) is 0.125. The van der Waals surface area contributed by atoms with Gasteiger partial charge < -0.3 is 15.0 Å². The summed E-state index contributed by atoms with van der Waals surface area (Å²) in [5.41, 5.74) is 2.28. The van der Waals surface area contributed by atoms with Gasteiger partial charge in [-0.05, 0) is 31.2 Å². The highest BCUT2D eigenvalue weighted by molar-refractivity contribution is 5.98. The zero-order chi connectivity index (χ0) is 17.4. The average Bonchev–Trinajstić information content (AvgIpc) is 3.07. The number of carbonyl (C=O) groups excluding carboxylic acids is 1. The number of aromatic nitrogens is 2. The van der Waals surface area contributed by atoms with Crippen LogP contribution in [0.5, 0.6) is 0 Å². The van der Waals surface area contributed by atoms with E-state index in [0.29, 0.717) is 18.6 Å². The number of nitro groups is 1. The molecule has 24 heavy (non-hydrogen) atoms. The van der Waals surface area contributed by atoms with Gasteiger partial charge in [0.25, 0.3) is 12.2 Å². The third-order valence-electron chi connectivity index (χ3n) is 3.09. The summed E-state index contributed by atoms with van der Waals surface area (Å²) in [6.07, 6.45) is 5.06. The minimum Gasteiger partial charge on any atom is -0.468 e. The van der Waals surface area contributed by atoms with E-state index in [1.807, 2.05) is 18.2 Å². The molecule has 2 aromatic heterocycles. The Hall–Kier alpha value is -3.42. The summed E-state index contributed by atoms with van der Waals surface area (Å²) in [4.78, 5) is 26.6. The van der Waals surface area contributed by atoms with Crippen LogP contribution in [0.3, 0.4) is 0 Å². The van der Waals surface area contributed by atoms with Crippen LogP contribution in [0.4, 0.5) is 17.1 Å². The number of rotatable bonds is 5. The van der Waals surface area contributed by atoms with Crippen LogP contribution in [0.15, 0.2) is 48.9 Å². The molecule has 8 heteroatoms. The molecule has 3 aromatic rings. The van der Waals surface area contributed by atoms with E-state index in [-0.39, 0.29) is 5.69 Å². The van der Waals surface area contributed by atoms with Gasteiger partial charge in [-0.15, -0.1) is 0 Å². The molecule has 1 aromatic carbocycles. The van der Waals surface area contributed by atoms with Gasteiger partial charge in [0.1, 0.15) is 5.52 Å². The predicted molar refractivity (Wildman–Crippen MR) is 90.2 cm³/mol. The third kappa shape index (κ3) is 4.07. The Morgan fingerprint density at radius 1 is 1.29 bits per heavy atom. The van der Waals surface area contributed by atoms with Crippen molar-refractivity contribution in [3.8, 4) is 0 Å². The number of benzene rings is 1. The lowest BCUT2D eigenvalue weighted by molar-refractivity contribution is -0.383. The van der Waals surface area contributed by atoms with Gasteiger partial charge in [0.05, 0.1) is 11.5 Å². The van der Waals surface area contributed by atoms with E-state index in [4.69, 9.17) is 0 Å². The molecular formula is C16H16N4O4. The Labute approximate surface area is 137 Å². The van der Waals surface area contributed by atoms with Crippen LogP contribution in [-0.2, 0) is 9.53 Å². The van der Waals surface area contributed by atoms with Crippen LogP contribution < -0.4 is 5.32 Å². The Kier molecular flexibility index (Phi) is 5.84. The lowest BCUT2D eigenvalue weighted by Gasteiger charge is -2.07. The molecule has 0 unspecified atom stereocenters. The highest BCUT2D eigenvalue weighted by atomic mass is 16.6. The number of non-ortho nitro benzene ring substituents is 1. The lowest BCUT2D eigenvalue weighted by Crippen LogP contribution is -1.94. The van der Waals surface area contributed by atoms with Gasteiger partial charge in [-0.2, -0.15) is 0 Å². The second kappa shape index (κ2) is 8.28. The van der Waals surface area contributed by atoms with Crippen LogP contribution in [0.2, 0.25) is 0 Å². The molecule has 0 bridgehead atoms. The number of ether oxygens (including phenoxy) is 1. The number of aromatic amines is 1. The summed E-state index contributed by atoms with van der Waals surface area (Å²) >= 11 is 0. The molecule has 3 rings (SSSR count). The van der Waals surface area contributed by atoms with Crippen molar-refractivity contribution in [3.05, 3.63) is 59.0 Å². The average molecular weight is 328 g/mol. The summed E-state index contributed by atoms with van der Waals surface area (Å²) < 4.78 is 4.15. The van der Waals surface area contributed by atoms with Crippen molar-refractivity contribution in [2.75, 3.05) is 11.9 Å². The zero-order valence-corrected chi connectivity index (χ0v) is 12.9. The van der Waals surface area contributed by atoms with E-state index in [2.05, 4.69) is 20.0 Å². The van der Waals surface area contributed by atoms with E-state index >= 15 is 0 Å². The summed E-state index contributed by atoms with van der Waals surface area (Å²) in [6, 6.07) is 8.67. The van der Waals surface area contributed by atoms with E-state index in [0.717, 1.165) is 16.8 Å². The van der Waals surface area contributed by atoms with Gasteiger partial charge in [-0.3, -0.25) is 19.9 Å². The molecule has 0 aliphatic heterocycles. The topological polar surface area (TPSA) is 110 Å². The largest absolute Gasteiger partial charge is 0.468 e. The van der Waals surface area contributed by atoms with Crippen molar-refractivity contribution < 1.29 is 14.5 Å². The predicted octanol–water partition coefficient (Wildman–Crippen LogP) is 3.39. The van der Waals surface area contributed by atoms with Gasteiger partial charge in [0, 0.05) is 41.4 Å². The number of carbonyl (C=O) groups is 1. The van der Waals surface area contributed by atoms with Crippen molar-refractivity contribution in [2.45, 2.75) is 6.92 Å². The number of nitro benzene ring substituents is 1. The van der Waals surface area contributed by atoms with E-state index in [9.17, 15) is 14.9 Å². The SMILES string of the molecule is CCOC=O.O=[N+]([O-])c1ccc(Nc2ccncc2)c2cc[nH]c12. The number of hydrogen-bond donors (Lipinski definition) is 2. The number of nitrogens with one attached hydrogen (secondary N) is 2. The number of hydrogen-bond acceptors (Lipinski definition) is 6. The summed E-state index contributed by atoms with van der Waals surface area (Å²) in [5, 5.41) is 14.9. The molecule has 0 aliphatic rings. The molecule has 0 spiro atoms. The van der Waals surface area contributed by atoms with Crippen LogP contribution in [-0.4, -0.2) is 28.0 Å². The zero-order valence-electron chi connectivity index (χ0n) is 12.9. The number of anilines is 2. The molecule has 0 radical (unpaired) electrons. The minimum atomic E-state index is -0.394. The maximum absolute atomic E-state index is 10.9. The summed E-state index contributed by atoms with van der Waals surface area (Å²) in [7, 11) is 0. The van der Waals surface area contributed by atoms with E-state index < -0.39 is 4.92 Å². The summed E-state index contributed by atoms with van der Waals surface area (Å²) in [5.74, 6) is 0. The van der Waals surface area contributed by atoms with Crippen molar-refractivity contribution in [2.24, 2.45) is 0 Å². The highest BCUT2D eigenvalue weighted by Crippen LogP contribution is 2.31. The Balaban J connectivity index is 0.000000368. The molecule has 2 heterocycles. The molecule has 0 aliphatic carbocycles. The monoisotopic (exact) mass is 328 g/mol. The molecule has 0 fully saturated rings. The normalized spacial score (nSPS) is 9.71. The number of H-pyrrole nitrogens is 1. The first-order chi connectivity index (χ1) is 11.7. The fourth-order valence-electron chi connectivity index (χ4n) is 2.06. The van der Waals surface area contributed by atoms with Gasteiger partial charge in [-0.25, -0.2) is 0 Å². The summed E-state index contributed by atoms with van der Waals surface area (Å²) in [6.45, 7) is 2.66. The maximum atomic E-state index is 10.9. The number of pyridine rings is 1. The molecule has 8 nitrogen and oxygen atoms in total. The number of nitrogens with zero attached hydrogens (tertiary/aromatic N) is 2. The van der Waals surface area contributed by atoms with Crippen LogP contribution >= 0.6 is 0 Å². The van der Waals surface area contributed by atoms with Gasteiger partial charge >= 0.3 is 0 Å². The Morgan fingerprint density at radius 3 is 2.62 bits per heavy atom. The molecule has 0 saturated heterocycles. The molecule has 0 amide bonds. The van der Waals surface area contributed by atoms with E-state index in [1.165, 1.54) is 6.07 Å². The molecular weight excluding hydrogens is 312 g/mol. The maximum Gasteiger partial charge on any atom is 0.293 e. The van der Waals surface area contributed by atoms with Gasteiger partial charge in [0.15, 0.2) is 0 Å². The van der Waals surface area contributed by atoms with Crippen molar-refractivity contribution in [3.63, 3.8) is 0 Å². The van der Waals surface area contributed by atoms with Gasteiger partial charge in [0.2, 0.25) is 0 Å². The first-order valence-electron chi connectivity index (χ1n) is 7.14. The van der Waals surface area contributed by atoms with E-state index in [1.54, 1.807) is 31.6 Å². The second-order valence-electron chi connectivity index (χ2n) is 4.57. The Morgan fingerprint density at radius 2 is 2.04 bits per heavy atom. The van der Waals surface area contributed by atoms with Crippen LogP contribution in [0.1, 0.15) is 6.92 Å². The van der Waals surface area contributed by atoms with Gasteiger partial charge in [-0.1, -0.05) is 0 Å². The Bertz CT molecular complexity index is 817. The smallest absolute Gasteiger partial charge is 0.293 e. The third-order valence-corrected chi connectivity index (χ3v) is 3.09. The van der Waals surface area contributed by atoms with Crippen LogP contribution in [0, 0.1) is 10.1 Å². The van der Waals surface area contributed by atoms with Crippen molar-refractivity contribution in [1.82, 2.24) is 9.97 Å². The first kappa shape index (κ1) is 16.9. The standard InChI is InChI=1S/C13H10N4O2.C3H6O2/c18-17(19)12-2-1-11(10-5-8-15-13(10)12)16-9-3-6-14-7-4-9;1-2-5-3-4/h1-8,15H,(H,14,16);3H,2H2,1H3. The molecule has 0 saturated carbocycles. The molecule has 124 valence electrons. The minimum absolute atomic E-state index is 0.0697. The van der Waals surface area contributed by atoms with Crippen LogP contribution in [0.25, 0.3) is 10.9 Å². The number of fused-ring (bicyclic) bond motifs is 1. The highest BCUT2D eigenvalue weighted by Gasteiger charge is 2.15. The van der Waals surface area contributed by atoms with Crippen molar-refractivity contribution in [1.29, 1.82) is 0 Å².